The topological polar surface area (TPSA) is 70.5 Å². The van der Waals surface area contributed by atoms with E-state index >= 15 is 0 Å². The van der Waals surface area contributed by atoms with Gasteiger partial charge in [-0.2, -0.15) is 11.8 Å². The molecule has 0 aromatic heterocycles. The van der Waals surface area contributed by atoms with Crippen molar-refractivity contribution >= 4 is 0 Å². The molecule has 0 fully saturated rings. The minimum atomic E-state index is -0.624. The highest BCUT2D eigenvalue weighted by Gasteiger charge is 2.46. The Morgan fingerprint density at radius 3 is 1.20 bits per heavy atom. The Balaban J connectivity index is 1.59. The third kappa shape index (κ3) is 3.85. The van der Waals surface area contributed by atoms with Crippen molar-refractivity contribution in [3.8, 4) is 44.9 Å². The maximum Gasteiger partial charge on any atom is 0.154 e. The number of nitrogens with two attached hydrogens (primary N) is 2. The second-order valence-corrected chi connectivity index (χ2v) is 10.2. The molecule has 6 aromatic carbocycles. The SMILES string of the molecule is NOc1ccc(C2(c3ccc(ON)c(-c4ccccc4)c3)c3ccccc3-c3ccccc32)cc1-c1ccccc1. The zero-order chi connectivity index (χ0) is 27.8. The molecule has 0 spiro atoms. The highest BCUT2D eigenvalue weighted by molar-refractivity contribution is 5.88. The number of hydrogen-bond donors (Lipinski definition) is 2. The molecule has 0 radical (unpaired) electrons. The molecule has 0 saturated carbocycles. The molecule has 4 N–H and O–H groups in total. The summed E-state index contributed by atoms with van der Waals surface area (Å²) in [4.78, 5) is 10.7. The van der Waals surface area contributed by atoms with Crippen LogP contribution in [0.15, 0.2) is 146 Å². The van der Waals surface area contributed by atoms with Crippen LogP contribution in [0.5, 0.6) is 11.5 Å². The monoisotopic (exact) mass is 532 g/mol. The van der Waals surface area contributed by atoms with Crippen molar-refractivity contribution in [1.29, 1.82) is 0 Å². The number of hydrogen-bond acceptors (Lipinski definition) is 4. The summed E-state index contributed by atoms with van der Waals surface area (Å²) >= 11 is 0. The molecule has 0 amide bonds. The molecule has 6 aromatic rings. The Bertz CT molecular complexity index is 1730. The summed E-state index contributed by atoms with van der Waals surface area (Å²) in [5.41, 5.74) is 10.3. The van der Waals surface area contributed by atoms with Crippen molar-refractivity contribution in [2.45, 2.75) is 5.41 Å². The van der Waals surface area contributed by atoms with Crippen LogP contribution in [0.25, 0.3) is 33.4 Å². The summed E-state index contributed by atoms with van der Waals surface area (Å²) < 4.78 is 0. The molecular formula is C37H28N2O2. The van der Waals surface area contributed by atoms with Crippen LogP contribution in [0.1, 0.15) is 22.3 Å². The normalized spacial score (nSPS) is 12.8. The Labute approximate surface area is 239 Å². The van der Waals surface area contributed by atoms with Crippen LogP contribution in [0.3, 0.4) is 0 Å². The Morgan fingerprint density at radius 1 is 0.390 bits per heavy atom. The molecule has 0 saturated heterocycles. The number of fused-ring (bicyclic) bond motifs is 3. The van der Waals surface area contributed by atoms with Crippen LogP contribution in [0, 0.1) is 0 Å². The van der Waals surface area contributed by atoms with E-state index in [2.05, 4.69) is 97.1 Å². The van der Waals surface area contributed by atoms with Gasteiger partial charge in [0.1, 0.15) is 0 Å². The lowest BCUT2D eigenvalue weighted by Gasteiger charge is -2.35. The van der Waals surface area contributed by atoms with Gasteiger partial charge in [-0.3, -0.25) is 0 Å². The lowest BCUT2D eigenvalue weighted by atomic mass is 9.67. The van der Waals surface area contributed by atoms with Crippen molar-refractivity contribution in [1.82, 2.24) is 0 Å². The van der Waals surface area contributed by atoms with E-state index in [0.717, 1.165) is 33.4 Å². The van der Waals surface area contributed by atoms with Gasteiger partial charge in [0.2, 0.25) is 0 Å². The second-order valence-electron chi connectivity index (χ2n) is 10.2. The molecule has 4 nitrogen and oxygen atoms in total. The van der Waals surface area contributed by atoms with Gasteiger partial charge in [0.15, 0.2) is 11.5 Å². The lowest BCUT2D eigenvalue weighted by molar-refractivity contribution is 0.335. The van der Waals surface area contributed by atoms with Crippen LogP contribution in [0.4, 0.5) is 0 Å². The molecule has 0 heterocycles. The average molecular weight is 533 g/mol. The van der Waals surface area contributed by atoms with E-state index in [1.165, 1.54) is 22.3 Å². The zero-order valence-electron chi connectivity index (χ0n) is 22.3. The van der Waals surface area contributed by atoms with Crippen molar-refractivity contribution in [2.24, 2.45) is 11.8 Å². The third-order valence-corrected chi connectivity index (χ3v) is 8.20. The minimum absolute atomic E-state index is 0.617. The molecule has 0 bridgehead atoms. The second kappa shape index (κ2) is 10.1. The summed E-state index contributed by atoms with van der Waals surface area (Å²) in [5.74, 6) is 12.8. The third-order valence-electron chi connectivity index (χ3n) is 8.20. The standard InChI is InChI=1S/C37H28N2O2/c38-40-35-21-19-27(23-31(35)25-11-3-1-4-12-25)37(33-17-9-7-15-29(33)30-16-8-10-18-34(30)37)28-20-22-36(41-39)32(24-28)26-13-5-2-6-14-26/h1-24H,38-39H2. The van der Waals surface area contributed by atoms with E-state index in [9.17, 15) is 0 Å². The summed E-state index contributed by atoms with van der Waals surface area (Å²) in [5, 5.41) is 0. The highest BCUT2D eigenvalue weighted by atomic mass is 16.6. The van der Waals surface area contributed by atoms with E-state index in [1.807, 2.05) is 48.5 Å². The number of rotatable bonds is 6. The predicted molar refractivity (Wildman–Crippen MR) is 164 cm³/mol. The van der Waals surface area contributed by atoms with Crippen molar-refractivity contribution in [3.05, 3.63) is 168 Å². The largest absolute Gasteiger partial charge is 0.411 e. The summed E-state index contributed by atoms with van der Waals surface area (Å²) in [6.45, 7) is 0. The molecule has 0 aliphatic heterocycles. The molecule has 41 heavy (non-hydrogen) atoms. The van der Waals surface area contributed by atoms with Crippen LogP contribution in [-0.4, -0.2) is 0 Å². The molecular weight excluding hydrogens is 504 g/mol. The average Bonchev–Trinajstić information content (AvgIpc) is 3.36. The molecule has 4 heteroatoms. The zero-order valence-corrected chi connectivity index (χ0v) is 22.3. The minimum Gasteiger partial charge on any atom is -0.411 e. The highest BCUT2D eigenvalue weighted by Crippen LogP contribution is 2.57. The maximum absolute atomic E-state index is 5.78. The van der Waals surface area contributed by atoms with Crippen LogP contribution < -0.4 is 21.5 Å². The Kier molecular flexibility index (Phi) is 6.12. The van der Waals surface area contributed by atoms with Gasteiger partial charge < -0.3 is 9.68 Å². The molecule has 0 atom stereocenters. The van der Waals surface area contributed by atoms with Crippen LogP contribution in [-0.2, 0) is 5.41 Å². The van der Waals surface area contributed by atoms with Gasteiger partial charge >= 0.3 is 0 Å². The van der Waals surface area contributed by atoms with E-state index in [4.69, 9.17) is 21.5 Å². The van der Waals surface area contributed by atoms with Gasteiger partial charge in [-0.05, 0) is 68.8 Å². The first kappa shape index (κ1) is 24.9. The van der Waals surface area contributed by atoms with Gasteiger partial charge in [0, 0.05) is 11.1 Å². The van der Waals surface area contributed by atoms with E-state index in [0.29, 0.717) is 11.5 Å². The van der Waals surface area contributed by atoms with Gasteiger partial charge in [0.05, 0.1) is 5.41 Å². The summed E-state index contributed by atoms with van der Waals surface area (Å²) in [6, 6.07) is 50.4. The first-order valence-electron chi connectivity index (χ1n) is 13.6. The predicted octanol–water partition coefficient (Wildman–Crippen LogP) is 7.89. The molecule has 1 aliphatic carbocycles. The van der Waals surface area contributed by atoms with Crippen molar-refractivity contribution in [2.75, 3.05) is 0 Å². The molecule has 198 valence electrons. The maximum atomic E-state index is 5.78. The van der Waals surface area contributed by atoms with Gasteiger partial charge in [0.25, 0.3) is 0 Å². The molecule has 0 unspecified atom stereocenters. The fourth-order valence-electron chi connectivity index (χ4n) is 6.44. The van der Waals surface area contributed by atoms with Gasteiger partial charge in [-0.1, -0.05) is 121 Å². The Morgan fingerprint density at radius 2 is 0.780 bits per heavy atom. The fraction of sp³-hybridized carbons (Fsp3) is 0.0270. The van der Waals surface area contributed by atoms with Gasteiger partial charge in [-0.15, -0.1) is 0 Å². The smallest absolute Gasteiger partial charge is 0.154 e. The van der Waals surface area contributed by atoms with Crippen LogP contribution in [0.2, 0.25) is 0 Å². The molecule has 1 aliphatic rings. The van der Waals surface area contributed by atoms with Crippen molar-refractivity contribution < 1.29 is 9.68 Å². The summed E-state index contributed by atoms with van der Waals surface area (Å²) in [7, 11) is 0. The van der Waals surface area contributed by atoms with Crippen LogP contribution >= 0.6 is 0 Å². The Hall–Kier alpha value is -5.16. The van der Waals surface area contributed by atoms with E-state index < -0.39 is 5.41 Å². The van der Waals surface area contributed by atoms with E-state index in [-0.39, 0.29) is 0 Å². The molecule has 7 rings (SSSR count). The lowest BCUT2D eigenvalue weighted by Crippen LogP contribution is -2.29. The van der Waals surface area contributed by atoms with Gasteiger partial charge in [-0.25, -0.2) is 0 Å². The quantitative estimate of drug-likeness (QED) is 0.214. The number of benzene rings is 6. The van der Waals surface area contributed by atoms with Crippen molar-refractivity contribution in [3.63, 3.8) is 0 Å². The summed E-state index contributed by atoms with van der Waals surface area (Å²) in [6.07, 6.45) is 0. The first-order valence-corrected chi connectivity index (χ1v) is 13.6. The fourth-order valence-corrected chi connectivity index (χ4v) is 6.44. The van der Waals surface area contributed by atoms with E-state index in [1.54, 1.807) is 0 Å². The first-order chi connectivity index (χ1) is 20.3.